The summed E-state index contributed by atoms with van der Waals surface area (Å²) in [6.07, 6.45) is 7.11. The zero-order valence-electron chi connectivity index (χ0n) is 18.3. The second kappa shape index (κ2) is 7.62. The molecule has 2 aliphatic rings. The molecule has 0 spiro atoms. The molecule has 6 heteroatoms. The molecule has 2 aromatic heterocycles. The molecule has 2 fully saturated rings. The van der Waals surface area contributed by atoms with Crippen LogP contribution in [0.5, 0.6) is 0 Å². The summed E-state index contributed by atoms with van der Waals surface area (Å²) in [6, 6.07) is 17.3. The van der Waals surface area contributed by atoms with Gasteiger partial charge in [0.15, 0.2) is 5.82 Å². The largest absolute Gasteiger partial charge is 0.351 e. The molecule has 0 bridgehead atoms. The van der Waals surface area contributed by atoms with Crippen LogP contribution in [0, 0.1) is 11.8 Å². The average molecular weight is 426 g/mol. The number of likely N-dealkylation sites (tertiary alicyclic amines) is 1. The first-order valence-corrected chi connectivity index (χ1v) is 11.5. The summed E-state index contributed by atoms with van der Waals surface area (Å²) in [5.41, 5.74) is 4.71. The predicted octanol–water partition coefficient (Wildman–Crippen LogP) is 4.36. The van der Waals surface area contributed by atoms with Crippen LogP contribution < -0.4 is 0 Å². The van der Waals surface area contributed by atoms with Crippen molar-refractivity contribution >= 4 is 16.8 Å². The second-order valence-corrected chi connectivity index (χ2v) is 9.30. The van der Waals surface area contributed by atoms with Gasteiger partial charge in [-0.15, -0.1) is 10.2 Å². The maximum Gasteiger partial charge on any atom is 0.225 e. The number of nitrogens with zero attached hydrogens (tertiary/aromatic N) is 5. The van der Waals surface area contributed by atoms with Crippen LogP contribution in [0.15, 0.2) is 61.1 Å². The molecule has 1 atom stereocenters. The van der Waals surface area contributed by atoms with Gasteiger partial charge in [0.25, 0.3) is 0 Å². The summed E-state index contributed by atoms with van der Waals surface area (Å²) in [6.45, 7) is 2.59. The highest BCUT2D eigenvalue weighted by molar-refractivity contribution is 5.86. The van der Waals surface area contributed by atoms with Gasteiger partial charge in [0.1, 0.15) is 6.33 Å². The number of fused-ring (bicyclic) bond motifs is 1. The van der Waals surface area contributed by atoms with Crippen LogP contribution in [0.1, 0.15) is 19.3 Å². The van der Waals surface area contributed by atoms with E-state index in [9.17, 15) is 4.79 Å². The Labute approximate surface area is 187 Å². The number of aryl methyl sites for hydroxylation is 1. The standard InChI is InChI=1S/C26H27N5O/c1-29-12-11-23-14-22(8-9-24(23)29)19-2-4-20(5-3-19)25-28-27-17-31(25)16-18-10-13-30(15-18)26(32)21-6-7-21/h2-5,8-9,11-12,14,17-18,21H,6-7,10,13,15-16H2,1H3. The van der Waals surface area contributed by atoms with Crippen molar-refractivity contribution in [2.24, 2.45) is 18.9 Å². The van der Waals surface area contributed by atoms with Gasteiger partial charge in [-0.25, -0.2) is 0 Å². The molecule has 0 radical (unpaired) electrons. The van der Waals surface area contributed by atoms with Gasteiger partial charge in [0, 0.05) is 55.3 Å². The van der Waals surface area contributed by atoms with E-state index in [-0.39, 0.29) is 0 Å². The van der Waals surface area contributed by atoms with Crippen molar-refractivity contribution in [1.29, 1.82) is 0 Å². The number of benzene rings is 2. The third kappa shape index (κ3) is 3.49. The van der Waals surface area contributed by atoms with E-state index in [1.54, 1.807) is 0 Å². The smallest absolute Gasteiger partial charge is 0.225 e. The monoisotopic (exact) mass is 425 g/mol. The zero-order valence-corrected chi connectivity index (χ0v) is 18.3. The van der Waals surface area contributed by atoms with Crippen LogP contribution in [-0.2, 0) is 18.4 Å². The molecule has 2 aromatic carbocycles. The first kappa shape index (κ1) is 19.3. The topological polar surface area (TPSA) is 56.0 Å². The van der Waals surface area contributed by atoms with Crippen molar-refractivity contribution in [3.8, 4) is 22.5 Å². The van der Waals surface area contributed by atoms with E-state index in [1.807, 2.05) is 6.33 Å². The van der Waals surface area contributed by atoms with Gasteiger partial charge < -0.3 is 14.0 Å². The van der Waals surface area contributed by atoms with E-state index in [2.05, 4.69) is 86.0 Å². The molecule has 1 amide bonds. The Hall–Kier alpha value is -3.41. The minimum atomic E-state index is 0.306. The van der Waals surface area contributed by atoms with Crippen LogP contribution in [0.4, 0.5) is 0 Å². The summed E-state index contributed by atoms with van der Waals surface area (Å²) in [7, 11) is 2.07. The summed E-state index contributed by atoms with van der Waals surface area (Å²) < 4.78 is 4.28. The van der Waals surface area contributed by atoms with E-state index >= 15 is 0 Å². The Morgan fingerprint density at radius 3 is 2.59 bits per heavy atom. The number of aromatic nitrogens is 4. The van der Waals surface area contributed by atoms with Gasteiger partial charge >= 0.3 is 0 Å². The first-order valence-electron chi connectivity index (χ1n) is 11.5. The Balaban J connectivity index is 1.18. The van der Waals surface area contributed by atoms with Crippen LogP contribution in [-0.4, -0.2) is 43.2 Å². The third-order valence-electron chi connectivity index (χ3n) is 6.96. The Morgan fingerprint density at radius 1 is 1.00 bits per heavy atom. The number of rotatable bonds is 5. The highest BCUT2D eigenvalue weighted by Crippen LogP contribution is 2.33. The van der Waals surface area contributed by atoms with Crippen LogP contribution in [0.3, 0.4) is 0 Å². The predicted molar refractivity (Wildman–Crippen MR) is 125 cm³/mol. The van der Waals surface area contributed by atoms with E-state index in [0.717, 1.165) is 50.3 Å². The molecule has 6 rings (SSSR count). The SMILES string of the molecule is Cn1ccc2cc(-c3ccc(-c4nncn4CC4CCN(C(=O)C5CC5)C4)cc3)ccc21. The lowest BCUT2D eigenvalue weighted by atomic mass is 10.0. The highest BCUT2D eigenvalue weighted by atomic mass is 16.2. The van der Waals surface area contributed by atoms with Gasteiger partial charge in [-0.05, 0) is 54.5 Å². The molecule has 3 heterocycles. The Morgan fingerprint density at radius 2 is 1.78 bits per heavy atom. The molecule has 32 heavy (non-hydrogen) atoms. The third-order valence-corrected chi connectivity index (χ3v) is 6.96. The van der Waals surface area contributed by atoms with Crippen LogP contribution in [0.2, 0.25) is 0 Å². The number of carbonyl (C=O) groups excluding carboxylic acids is 1. The molecule has 0 N–H and O–H groups in total. The van der Waals surface area contributed by atoms with Crippen molar-refractivity contribution in [2.45, 2.75) is 25.8 Å². The molecule has 4 aromatic rings. The van der Waals surface area contributed by atoms with E-state index in [0.29, 0.717) is 17.7 Å². The van der Waals surface area contributed by atoms with Gasteiger partial charge in [-0.3, -0.25) is 4.79 Å². The minimum absolute atomic E-state index is 0.306. The second-order valence-electron chi connectivity index (χ2n) is 9.30. The summed E-state index contributed by atoms with van der Waals surface area (Å²) in [4.78, 5) is 14.4. The molecular formula is C26H27N5O. The van der Waals surface area contributed by atoms with E-state index in [4.69, 9.17) is 0 Å². The van der Waals surface area contributed by atoms with Crippen molar-refractivity contribution < 1.29 is 4.79 Å². The molecule has 1 unspecified atom stereocenters. The summed E-state index contributed by atoms with van der Waals surface area (Å²) >= 11 is 0. The van der Waals surface area contributed by atoms with Crippen molar-refractivity contribution in [3.63, 3.8) is 0 Å². The zero-order chi connectivity index (χ0) is 21.7. The molecule has 1 saturated heterocycles. The molecule has 162 valence electrons. The fourth-order valence-corrected chi connectivity index (χ4v) is 4.93. The van der Waals surface area contributed by atoms with E-state index in [1.165, 1.54) is 22.0 Å². The Kier molecular flexibility index (Phi) is 4.59. The van der Waals surface area contributed by atoms with Crippen molar-refractivity contribution in [2.75, 3.05) is 13.1 Å². The fraction of sp³-hybridized carbons (Fsp3) is 0.346. The highest BCUT2D eigenvalue weighted by Gasteiger charge is 2.36. The lowest BCUT2D eigenvalue weighted by molar-refractivity contribution is -0.131. The number of hydrogen-bond acceptors (Lipinski definition) is 3. The molecule has 1 aliphatic heterocycles. The van der Waals surface area contributed by atoms with Crippen LogP contribution >= 0.6 is 0 Å². The van der Waals surface area contributed by atoms with E-state index < -0.39 is 0 Å². The number of hydrogen-bond donors (Lipinski definition) is 0. The number of amides is 1. The first-order chi connectivity index (χ1) is 15.7. The maximum absolute atomic E-state index is 12.4. The molecular weight excluding hydrogens is 398 g/mol. The molecule has 6 nitrogen and oxygen atoms in total. The van der Waals surface area contributed by atoms with Gasteiger partial charge in [0.05, 0.1) is 0 Å². The summed E-state index contributed by atoms with van der Waals surface area (Å²) in [5, 5.41) is 9.83. The quantitative estimate of drug-likeness (QED) is 0.477. The van der Waals surface area contributed by atoms with Crippen molar-refractivity contribution in [3.05, 3.63) is 61.1 Å². The minimum Gasteiger partial charge on any atom is -0.351 e. The normalized spacial score (nSPS) is 18.5. The lowest BCUT2D eigenvalue weighted by Crippen LogP contribution is -2.30. The van der Waals surface area contributed by atoms with Gasteiger partial charge in [-0.2, -0.15) is 0 Å². The lowest BCUT2D eigenvalue weighted by Gasteiger charge is -2.17. The number of carbonyl (C=O) groups is 1. The Bertz CT molecular complexity index is 1280. The maximum atomic E-state index is 12.4. The fourth-order valence-electron chi connectivity index (χ4n) is 4.93. The van der Waals surface area contributed by atoms with Crippen LogP contribution in [0.25, 0.3) is 33.4 Å². The van der Waals surface area contributed by atoms with Gasteiger partial charge in [-0.1, -0.05) is 30.3 Å². The van der Waals surface area contributed by atoms with Crippen molar-refractivity contribution in [1.82, 2.24) is 24.2 Å². The average Bonchev–Trinajstić information content (AvgIpc) is 3.21. The molecule has 1 saturated carbocycles. The summed E-state index contributed by atoms with van der Waals surface area (Å²) in [5.74, 6) is 2.02. The molecule has 1 aliphatic carbocycles. The van der Waals surface area contributed by atoms with Gasteiger partial charge in [0.2, 0.25) is 5.91 Å².